The molecular weight excluding hydrogens is 196 g/mol. The van der Waals surface area contributed by atoms with Crippen molar-refractivity contribution in [2.45, 2.75) is 6.42 Å². The maximum atomic E-state index is 10.4. The van der Waals surface area contributed by atoms with Gasteiger partial charge in [-0.1, -0.05) is 24.3 Å². The molecule has 0 unspecified atom stereocenters. The van der Waals surface area contributed by atoms with E-state index in [0.717, 1.165) is 6.08 Å². The molecular formula is C11H10O4. The maximum Gasteiger partial charge on any atom is 0.328 e. The molecule has 0 amide bonds. The Hall–Kier alpha value is -2.10. The van der Waals surface area contributed by atoms with Crippen molar-refractivity contribution < 1.29 is 19.8 Å². The van der Waals surface area contributed by atoms with E-state index in [0.29, 0.717) is 11.1 Å². The molecule has 2 N–H and O–H groups in total. The molecule has 1 aromatic rings. The van der Waals surface area contributed by atoms with Crippen LogP contribution in [0.25, 0.3) is 6.08 Å². The van der Waals surface area contributed by atoms with E-state index in [1.165, 1.54) is 6.08 Å². The zero-order chi connectivity index (χ0) is 11.3. The van der Waals surface area contributed by atoms with Crippen LogP contribution in [0.15, 0.2) is 30.3 Å². The lowest BCUT2D eigenvalue weighted by Crippen LogP contribution is -1.99. The fourth-order valence-electron chi connectivity index (χ4n) is 1.15. The summed E-state index contributed by atoms with van der Waals surface area (Å²) in [6.45, 7) is 0. The van der Waals surface area contributed by atoms with Crippen molar-refractivity contribution in [3.8, 4) is 0 Å². The monoisotopic (exact) mass is 206 g/mol. The number of rotatable bonds is 4. The molecule has 4 nitrogen and oxygen atoms in total. The second kappa shape index (κ2) is 4.95. The molecule has 0 saturated heterocycles. The molecule has 78 valence electrons. The highest BCUT2D eigenvalue weighted by Gasteiger charge is 2.00. The van der Waals surface area contributed by atoms with Crippen LogP contribution < -0.4 is 0 Å². The van der Waals surface area contributed by atoms with Crippen LogP contribution >= 0.6 is 0 Å². The van der Waals surface area contributed by atoms with E-state index in [1.807, 2.05) is 0 Å². The summed E-state index contributed by atoms with van der Waals surface area (Å²) in [4.78, 5) is 20.7. The predicted octanol–water partition coefficient (Wildman–Crippen LogP) is 1.41. The van der Waals surface area contributed by atoms with Gasteiger partial charge in [0.1, 0.15) is 0 Å². The first kappa shape index (κ1) is 11.0. The number of carbonyl (C=O) groups is 2. The molecule has 1 rings (SSSR count). The van der Waals surface area contributed by atoms with Crippen LogP contribution in [0.1, 0.15) is 11.1 Å². The quantitative estimate of drug-likeness (QED) is 0.730. The molecule has 0 heterocycles. The van der Waals surface area contributed by atoms with Gasteiger partial charge in [0.15, 0.2) is 0 Å². The van der Waals surface area contributed by atoms with Crippen LogP contribution in [0.4, 0.5) is 0 Å². The van der Waals surface area contributed by atoms with Gasteiger partial charge in [0, 0.05) is 6.08 Å². The van der Waals surface area contributed by atoms with Gasteiger partial charge in [-0.15, -0.1) is 0 Å². The number of carboxylic acid groups (broad SMARTS) is 2. The first-order chi connectivity index (χ1) is 7.08. The van der Waals surface area contributed by atoms with E-state index < -0.39 is 11.9 Å². The van der Waals surface area contributed by atoms with Crippen molar-refractivity contribution in [3.63, 3.8) is 0 Å². The van der Waals surface area contributed by atoms with Gasteiger partial charge in [0.25, 0.3) is 0 Å². The van der Waals surface area contributed by atoms with Crippen LogP contribution in [0.3, 0.4) is 0 Å². The number of aliphatic carboxylic acids is 2. The second-order valence-electron chi connectivity index (χ2n) is 2.99. The van der Waals surface area contributed by atoms with E-state index in [4.69, 9.17) is 10.2 Å². The predicted molar refractivity (Wildman–Crippen MR) is 54.5 cm³/mol. The summed E-state index contributed by atoms with van der Waals surface area (Å²) >= 11 is 0. The second-order valence-corrected chi connectivity index (χ2v) is 2.99. The molecule has 0 spiro atoms. The van der Waals surface area contributed by atoms with Gasteiger partial charge in [-0.2, -0.15) is 0 Å². The van der Waals surface area contributed by atoms with Crippen molar-refractivity contribution in [1.82, 2.24) is 0 Å². The molecule has 15 heavy (non-hydrogen) atoms. The average molecular weight is 206 g/mol. The average Bonchev–Trinajstić information content (AvgIpc) is 2.14. The Kier molecular flexibility index (Phi) is 3.62. The molecule has 0 aliphatic carbocycles. The Morgan fingerprint density at radius 1 is 1.27 bits per heavy atom. The summed E-state index contributed by atoms with van der Waals surface area (Å²) in [7, 11) is 0. The highest BCUT2D eigenvalue weighted by Crippen LogP contribution is 2.07. The number of carboxylic acids is 2. The highest BCUT2D eigenvalue weighted by atomic mass is 16.4. The van der Waals surface area contributed by atoms with E-state index >= 15 is 0 Å². The zero-order valence-corrected chi connectivity index (χ0v) is 7.88. The van der Waals surface area contributed by atoms with Gasteiger partial charge in [-0.3, -0.25) is 4.79 Å². The van der Waals surface area contributed by atoms with Crippen molar-refractivity contribution >= 4 is 18.0 Å². The zero-order valence-electron chi connectivity index (χ0n) is 7.88. The molecule has 0 radical (unpaired) electrons. The molecule has 0 aromatic heterocycles. The Balaban J connectivity index is 2.82. The van der Waals surface area contributed by atoms with E-state index in [9.17, 15) is 9.59 Å². The Morgan fingerprint density at radius 2 is 2.00 bits per heavy atom. The molecule has 4 heteroatoms. The summed E-state index contributed by atoms with van der Waals surface area (Å²) in [5.74, 6) is -1.94. The van der Waals surface area contributed by atoms with E-state index in [2.05, 4.69) is 0 Å². The normalized spacial score (nSPS) is 10.4. The molecule has 0 aliphatic rings. The van der Waals surface area contributed by atoms with Gasteiger partial charge in [-0.05, 0) is 17.2 Å². The topological polar surface area (TPSA) is 74.6 Å². The summed E-state index contributed by atoms with van der Waals surface area (Å²) in [5, 5.41) is 17.0. The SMILES string of the molecule is O=C(O)C=Cc1cccc(CC(=O)O)c1. The minimum Gasteiger partial charge on any atom is -0.481 e. The van der Waals surface area contributed by atoms with Crippen molar-refractivity contribution in [3.05, 3.63) is 41.5 Å². The van der Waals surface area contributed by atoms with Gasteiger partial charge >= 0.3 is 11.9 Å². The van der Waals surface area contributed by atoms with Crippen molar-refractivity contribution in [2.75, 3.05) is 0 Å². The minimum absolute atomic E-state index is 0.0608. The molecule has 0 fully saturated rings. The lowest BCUT2D eigenvalue weighted by atomic mass is 10.1. The minimum atomic E-state index is -1.03. The van der Waals surface area contributed by atoms with Gasteiger partial charge in [0.2, 0.25) is 0 Å². The van der Waals surface area contributed by atoms with Crippen LogP contribution in [0.5, 0.6) is 0 Å². The van der Waals surface area contributed by atoms with Crippen molar-refractivity contribution in [2.24, 2.45) is 0 Å². The lowest BCUT2D eigenvalue weighted by Gasteiger charge is -1.98. The van der Waals surface area contributed by atoms with Gasteiger partial charge in [0.05, 0.1) is 6.42 Å². The third-order valence-corrected chi connectivity index (χ3v) is 1.72. The Labute approximate surface area is 86.5 Å². The fourth-order valence-corrected chi connectivity index (χ4v) is 1.15. The third-order valence-electron chi connectivity index (χ3n) is 1.72. The molecule has 1 aromatic carbocycles. The maximum absolute atomic E-state index is 10.4. The van der Waals surface area contributed by atoms with Gasteiger partial charge < -0.3 is 10.2 Å². The summed E-state index contributed by atoms with van der Waals surface area (Å²) in [5.41, 5.74) is 1.33. The Morgan fingerprint density at radius 3 is 2.60 bits per heavy atom. The third kappa shape index (κ3) is 4.08. The van der Waals surface area contributed by atoms with Crippen molar-refractivity contribution in [1.29, 1.82) is 0 Å². The first-order valence-electron chi connectivity index (χ1n) is 4.29. The summed E-state index contributed by atoms with van der Waals surface area (Å²) in [6, 6.07) is 6.74. The Bertz CT molecular complexity index is 407. The van der Waals surface area contributed by atoms with Crippen LogP contribution in [0.2, 0.25) is 0 Å². The van der Waals surface area contributed by atoms with E-state index in [1.54, 1.807) is 24.3 Å². The summed E-state index contributed by atoms with van der Waals surface area (Å²) in [6.07, 6.45) is 2.38. The highest BCUT2D eigenvalue weighted by molar-refractivity contribution is 5.85. The van der Waals surface area contributed by atoms with Crippen LogP contribution in [-0.2, 0) is 16.0 Å². The summed E-state index contributed by atoms with van der Waals surface area (Å²) < 4.78 is 0. The largest absolute Gasteiger partial charge is 0.481 e. The van der Waals surface area contributed by atoms with Crippen LogP contribution in [-0.4, -0.2) is 22.2 Å². The number of benzene rings is 1. The molecule has 0 saturated carbocycles. The number of hydrogen-bond donors (Lipinski definition) is 2. The molecule has 0 atom stereocenters. The van der Waals surface area contributed by atoms with Gasteiger partial charge in [-0.25, -0.2) is 4.79 Å². The van der Waals surface area contributed by atoms with E-state index in [-0.39, 0.29) is 6.42 Å². The fraction of sp³-hybridized carbons (Fsp3) is 0.0909. The standard InChI is InChI=1S/C11H10O4/c12-10(13)5-4-8-2-1-3-9(6-8)7-11(14)15/h1-6H,7H2,(H,12,13)(H,14,15). The lowest BCUT2D eigenvalue weighted by molar-refractivity contribution is -0.136. The molecule has 0 aliphatic heterocycles. The number of hydrogen-bond acceptors (Lipinski definition) is 2. The van der Waals surface area contributed by atoms with Crippen LogP contribution in [0, 0.1) is 0 Å². The smallest absolute Gasteiger partial charge is 0.328 e. The first-order valence-corrected chi connectivity index (χ1v) is 4.29. The molecule has 0 bridgehead atoms.